The van der Waals surface area contributed by atoms with Crippen LogP contribution < -0.4 is 4.74 Å². The van der Waals surface area contributed by atoms with E-state index < -0.39 is 0 Å². The standard InChI is InChI=1S/C30H52O2/c1-21(2)13-10-14-22(3)15-11-16-23(4)17-12-18-24(5)19-20-28-27(8)29(31)25(6)26(7)30(28)32-9/h18,21-23,31H,10-17,19-20H2,1-9H3/b24-18+. The highest BCUT2D eigenvalue weighted by molar-refractivity contribution is 5.57. The third kappa shape index (κ3) is 9.59. The molecule has 0 saturated carbocycles. The second-order valence-corrected chi connectivity index (χ2v) is 10.8. The summed E-state index contributed by atoms with van der Waals surface area (Å²) in [6.45, 7) is 17.8. The molecule has 2 nitrogen and oxygen atoms in total. The lowest BCUT2D eigenvalue weighted by atomic mass is 9.91. The Kier molecular flexibility index (Phi) is 13.1. The van der Waals surface area contributed by atoms with Crippen LogP contribution in [0.1, 0.15) is 115 Å². The van der Waals surface area contributed by atoms with Crippen LogP contribution in [-0.2, 0) is 6.42 Å². The molecule has 0 spiro atoms. The van der Waals surface area contributed by atoms with Gasteiger partial charge in [-0.05, 0) is 87.8 Å². The predicted molar refractivity (Wildman–Crippen MR) is 141 cm³/mol. The zero-order chi connectivity index (χ0) is 24.3. The number of phenolic OH excluding ortho intramolecular Hbond substituents is 1. The van der Waals surface area contributed by atoms with E-state index in [1.54, 1.807) is 7.11 Å². The van der Waals surface area contributed by atoms with Gasteiger partial charge in [-0.1, -0.05) is 77.9 Å². The first-order valence-corrected chi connectivity index (χ1v) is 13.1. The maximum atomic E-state index is 10.5. The summed E-state index contributed by atoms with van der Waals surface area (Å²) in [6.07, 6.45) is 15.1. The van der Waals surface area contributed by atoms with Crippen LogP contribution in [0.4, 0.5) is 0 Å². The van der Waals surface area contributed by atoms with Gasteiger partial charge in [-0.15, -0.1) is 0 Å². The van der Waals surface area contributed by atoms with Crippen molar-refractivity contribution in [1.82, 2.24) is 0 Å². The Hall–Kier alpha value is -1.44. The number of ether oxygens (including phenoxy) is 1. The van der Waals surface area contributed by atoms with E-state index in [1.165, 1.54) is 56.9 Å². The quantitative estimate of drug-likeness (QED) is 0.273. The van der Waals surface area contributed by atoms with Crippen molar-refractivity contribution in [1.29, 1.82) is 0 Å². The topological polar surface area (TPSA) is 29.5 Å². The molecule has 1 aromatic rings. The molecule has 0 amide bonds. The van der Waals surface area contributed by atoms with Gasteiger partial charge in [0, 0.05) is 5.56 Å². The number of aromatic hydroxyl groups is 1. The molecule has 0 bridgehead atoms. The maximum absolute atomic E-state index is 10.5. The minimum Gasteiger partial charge on any atom is -0.507 e. The summed E-state index contributed by atoms with van der Waals surface area (Å²) >= 11 is 0. The zero-order valence-corrected chi connectivity index (χ0v) is 22.7. The molecule has 0 heterocycles. The van der Waals surface area contributed by atoms with Crippen LogP contribution in [0.25, 0.3) is 0 Å². The lowest BCUT2D eigenvalue weighted by Crippen LogP contribution is -2.02. The monoisotopic (exact) mass is 444 g/mol. The molecule has 0 fully saturated rings. The normalized spacial score (nSPS) is 14.1. The largest absolute Gasteiger partial charge is 0.507 e. The van der Waals surface area contributed by atoms with Crippen molar-refractivity contribution >= 4 is 0 Å². The van der Waals surface area contributed by atoms with Crippen LogP contribution in [0.2, 0.25) is 0 Å². The van der Waals surface area contributed by atoms with Crippen LogP contribution in [-0.4, -0.2) is 12.2 Å². The van der Waals surface area contributed by atoms with Gasteiger partial charge in [0.15, 0.2) is 0 Å². The Morgan fingerprint density at radius 2 is 1.41 bits per heavy atom. The van der Waals surface area contributed by atoms with Crippen molar-refractivity contribution in [2.45, 2.75) is 120 Å². The summed E-state index contributed by atoms with van der Waals surface area (Å²) in [5, 5.41) is 10.5. The lowest BCUT2D eigenvalue weighted by Gasteiger charge is -2.18. The second kappa shape index (κ2) is 14.7. The number of rotatable bonds is 15. The molecule has 32 heavy (non-hydrogen) atoms. The molecule has 0 saturated heterocycles. The minimum absolute atomic E-state index is 0.419. The number of hydrogen-bond acceptors (Lipinski definition) is 2. The van der Waals surface area contributed by atoms with Gasteiger partial charge >= 0.3 is 0 Å². The number of benzene rings is 1. The van der Waals surface area contributed by atoms with Crippen molar-refractivity contribution in [3.8, 4) is 11.5 Å². The van der Waals surface area contributed by atoms with Gasteiger partial charge in [-0.2, -0.15) is 0 Å². The highest BCUT2D eigenvalue weighted by Crippen LogP contribution is 2.37. The number of allylic oxidation sites excluding steroid dienone is 2. The molecule has 0 radical (unpaired) electrons. The van der Waals surface area contributed by atoms with E-state index in [9.17, 15) is 5.11 Å². The molecule has 1 N–H and O–H groups in total. The van der Waals surface area contributed by atoms with E-state index >= 15 is 0 Å². The Morgan fingerprint density at radius 3 is 1.97 bits per heavy atom. The maximum Gasteiger partial charge on any atom is 0.125 e. The van der Waals surface area contributed by atoms with Crippen molar-refractivity contribution in [2.24, 2.45) is 17.8 Å². The van der Waals surface area contributed by atoms with Gasteiger partial charge in [0.25, 0.3) is 0 Å². The van der Waals surface area contributed by atoms with Crippen LogP contribution in [0.5, 0.6) is 11.5 Å². The van der Waals surface area contributed by atoms with Crippen LogP contribution in [0.3, 0.4) is 0 Å². The van der Waals surface area contributed by atoms with Crippen molar-refractivity contribution in [2.75, 3.05) is 7.11 Å². The Labute approximate surface area is 199 Å². The molecule has 2 heteroatoms. The lowest BCUT2D eigenvalue weighted by molar-refractivity contribution is 0.393. The molecule has 1 rings (SSSR count). The fourth-order valence-electron chi connectivity index (χ4n) is 4.76. The molecular formula is C30H52O2. The molecule has 2 atom stereocenters. The Bertz CT molecular complexity index is 714. The molecule has 1 aromatic carbocycles. The number of methoxy groups -OCH3 is 1. The second-order valence-electron chi connectivity index (χ2n) is 10.8. The summed E-state index contributed by atoms with van der Waals surface area (Å²) in [5.41, 5.74) is 5.53. The number of phenols is 1. The van der Waals surface area contributed by atoms with Crippen LogP contribution >= 0.6 is 0 Å². The molecular weight excluding hydrogens is 392 g/mol. The Morgan fingerprint density at radius 1 is 0.844 bits per heavy atom. The smallest absolute Gasteiger partial charge is 0.125 e. The van der Waals surface area contributed by atoms with Crippen LogP contribution in [0.15, 0.2) is 11.6 Å². The van der Waals surface area contributed by atoms with Gasteiger partial charge in [-0.25, -0.2) is 0 Å². The first-order valence-electron chi connectivity index (χ1n) is 13.1. The van der Waals surface area contributed by atoms with E-state index in [-0.39, 0.29) is 0 Å². The summed E-state index contributed by atoms with van der Waals surface area (Å²) in [7, 11) is 1.73. The SMILES string of the molecule is COc1c(C)c(C)c(O)c(C)c1CC/C(C)=C/CCC(C)CCCC(C)CCCC(C)C. The van der Waals surface area contributed by atoms with E-state index in [0.29, 0.717) is 5.75 Å². The van der Waals surface area contributed by atoms with E-state index in [1.807, 2.05) is 20.8 Å². The van der Waals surface area contributed by atoms with Gasteiger partial charge in [0.05, 0.1) is 7.11 Å². The fraction of sp³-hybridized carbons (Fsp3) is 0.733. The highest BCUT2D eigenvalue weighted by Gasteiger charge is 2.17. The average Bonchev–Trinajstić information content (AvgIpc) is 2.73. The predicted octanol–water partition coefficient (Wildman–Crippen LogP) is 9.25. The zero-order valence-electron chi connectivity index (χ0n) is 22.7. The molecule has 0 aliphatic carbocycles. The third-order valence-corrected chi connectivity index (χ3v) is 7.34. The highest BCUT2D eigenvalue weighted by atomic mass is 16.5. The molecule has 0 aliphatic rings. The van der Waals surface area contributed by atoms with Crippen molar-refractivity contribution < 1.29 is 9.84 Å². The first kappa shape index (κ1) is 28.6. The van der Waals surface area contributed by atoms with E-state index in [4.69, 9.17) is 4.74 Å². The van der Waals surface area contributed by atoms with Crippen molar-refractivity contribution in [3.05, 3.63) is 33.9 Å². The molecule has 2 unspecified atom stereocenters. The van der Waals surface area contributed by atoms with Gasteiger partial charge in [-0.3, -0.25) is 0 Å². The minimum atomic E-state index is 0.419. The van der Waals surface area contributed by atoms with Gasteiger partial charge < -0.3 is 9.84 Å². The van der Waals surface area contributed by atoms with Gasteiger partial charge in [0.1, 0.15) is 11.5 Å². The average molecular weight is 445 g/mol. The van der Waals surface area contributed by atoms with Crippen molar-refractivity contribution in [3.63, 3.8) is 0 Å². The van der Waals surface area contributed by atoms with Crippen LogP contribution in [0, 0.1) is 38.5 Å². The van der Waals surface area contributed by atoms with E-state index in [2.05, 4.69) is 40.7 Å². The molecule has 0 aromatic heterocycles. The van der Waals surface area contributed by atoms with Gasteiger partial charge in [0.2, 0.25) is 0 Å². The summed E-state index contributed by atoms with van der Waals surface area (Å²) in [5.74, 6) is 3.90. The summed E-state index contributed by atoms with van der Waals surface area (Å²) in [4.78, 5) is 0. The summed E-state index contributed by atoms with van der Waals surface area (Å²) in [6, 6.07) is 0. The van der Waals surface area contributed by atoms with E-state index in [0.717, 1.165) is 58.6 Å². The first-order chi connectivity index (χ1) is 15.1. The third-order valence-electron chi connectivity index (χ3n) is 7.34. The summed E-state index contributed by atoms with van der Waals surface area (Å²) < 4.78 is 5.69. The Balaban J connectivity index is 2.40. The molecule has 184 valence electrons. The number of hydrogen-bond donors (Lipinski definition) is 1. The molecule has 0 aliphatic heterocycles. The fourth-order valence-corrected chi connectivity index (χ4v) is 4.76.